The second kappa shape index (κ2) is 7.37. The number of benzene rings is 1. The van der Waals surface area contributed by atoms with E-state index in [-0.39, 0.29) is 5.41 Å². The van der Waals surface area contributed by atoms with Crippen molar-refractivity contribution in [3.63, 3.8) is 0 Å². The Morgan fingerprint density at radius 3 is 2.62 bits per heavy atom. The molecule has 0 N–H and O–H groups in total. The summed E-state index contributed by atoms with van der Waals surface area (Å²) in [6, 6.07) is 10.6. The minimum atomic E-state index is -1.06. The lowest BCUT2D eigenvalue weighted by atomic mass is 9.72. The highest BCUT2D eigenvalue weighted by Gasteiger charge is 2.47. The van der Waals surface area contributed by atoms with E-state index in [1.807, 2.05) is 6.07 Å². The molecule has 0 radical (unpaired) electrons. The smallest absolute Gasteiger partial charge is 0.170 e. The van der Waals surface area contributed by atoms with Crippen molar-refractivity contribution in [3.05, 3.63) is 35.9 Å². The highest BCUT2D eigenvalue weighted by Crippen LogP contribution is 2.51. The molecule has 1 aromatic rings. The highest BCUT2D eigenvalue weighted by atomic mass is 28.3. The highest BCUT2D eigenvalue weighted by molar-refractivity contribution is 6.48. The molecule has 1 aromatic carbocycles. The van der Waals surface area contributed by atoms with Gasteiger partial charge in [-0.1, -0.05) is 50.1 Å². The van der Waals surface area contributed by atoms with Crippen molar-refractivity contribution < 1.29 is 9.22 Å². The zero-order valence-electron chi connectivity index (χ0n) is 13.6. The summed E-state index contributed by atoms with van der Waals surface area (Å²) in [5.74, 6) is 0.750. The summed E-state index contributed by atoms with van der Waals surface area (Å²) < 4.78 is 6.11. The predicted molar refractivity (Wildman–Crippen MR) is 90.2 cm³/mol. The predicted octanol–water partition coefficient (Wildman–Crippen LogP) is 4.31. The number of carbonyl (C=O) groups excluding carboxylic acids is 1. The Morgan fingerprint density at radius 1 is 1.29 bits per heavy atom. The van der Waals surface area contributed by atoms with Crippen LogP contribution in [-0.4, -0.2) is 21.4 Å². The number of hydrogen-bond donors (Lipinski definition) is 0. The first-order valence-corrected chi connectivity index (χ1v) is 11.0. The lowest BCUT2D eigenvalue weighted by Crippen LogP contribution is -2.32. The van der Waals surface area contributed by atoms with E-state index in [0.717, 1.165) is 13.0 Å². The molecule has 116 valence electrons. The Morgan fingerprint density at radius 2 is 2.00 bits per heavy atom. The van der Waals surface area contributed by atoms with Gasteiger partial charge in [0.05, 0.1) is 0 Å². The molecule has 21 heavy (non-hydrogen) atoms. The van der Waals surface area contributed by atoms with Crippen LogP contribution < -0.4 is 0 Å². The van der Waals surface area contributed by atoms with Crippen LogP contribution in [0.3, 0.4) is 0 Å². The summed E-state index contributed by atoms with van der Waals surface area (Å²) in [7, 11) is -1.06. The van der Waals surface area contributed by atoms with E-state index in [1.165, 1.54) is 18.4 Å². The van der Waals surface area contributed by atoms with Gasteiger partial charge in [-0.3, -0.25) is 4.79 Å². The zero-order valence-corrected chi connectivity index (χ0v) is 14.8. The Hall–Kier alpha value is -0.933. The molecule has 1 saturated carbocycles. The number of Topliss-reactive ketones (excluding diaryl/α,β-unsaturated/α-hetero) is 1. The van der Waals surface area contributed by atoms with Crippen LogP contribution in [0.5, 0.6) is 0 Å². The minimum absolute atomic E-state index is 0.0334. The second-order valence-corrected chi connectivity index (χ2v) is 9.14. The largest absolute Gasteiger partial charge is 0.420 e. The molecule has 0 saturated heterocycles. The Bertz CT molecular complexity index is 458. The lowest BCUT2D eigenvalue weighted by molar-refractivity contribution is -0.118. The molecule has 0 heterocycles. The Labute approximate surface area is 130 Å². The summed E-state index contributed by atoms with van der Waals surface area (Å²) >= 11 is 0. The summed E-state index contributed by atoms with van der Waals surface area (Å²) in [4.78, 5) is 12.2. The van der Waals surface area contributed by atoms with Gasteiger partial charge in [-0.15, -0.1) is 0 Å². The fourth-order valence-corrected chi connectivity index (χ4v) is 4.20. The van der Waals surface area contributed by atoms with Gasteiger partial charge >= 0.3 is 0 Å². The van der Waals surface area contributed by atoms with Crippen LogP contribution in [0.25, 0.3) is 0 Å². The Balaban J connectivity index is 2.27. The molecule has 2 unspecified atom stereocenters. The maximum Gasteiger partial charge on any atom is 0.170 e. The first kappa shape index (κ1) is 16.4. The van der Waals surface area contributed by atoms with Crippen LogP contribution in [0.15, 0.2) is 30.3 Å². The van der Waals surface area contributed by atoms with Gasteiger partial charge in [0.2, 0.25) is 0 Å². The quantitative estimate of drug-likeness (QED) is 0.702. The molecule has 0 aliphatic heterocycles. The molecule has 0 spiro atoms. The van der Waals surface area contributed by atoms with E-state index in [2.05, 4.69) is 44.3 Å². The van der Waals surface area contributed by atoms with E-state index < -0.39 is 9.04 Å². The number of unbranched alkanes of at least 4 members (excludes halogenated alkanes) is 1. The van der Waals surface area contributed by atoms with Crippen LogP contribution in [0.1, 0.15) is 50.5 Å². The molecule has 1 aliphatic carbocycles. The third-order valence-corrected chi connectivity index (χ3v) is 5.49. The van der Waals surface area contributed by atoms with Crippen LogP contribution in [0, 0.1) is 5.41 Å². The molecular formula is C18H28O2Si. The molecule has 0 amide bonds. The van der Waals surface area contributed by atoms with E-state index in [0.29, 0.717) is 24.5 Å². The maximum atomic E-state index is 12.2. The van der Waals surface area contributed by atoms with Crippen molar-refractivity contribution in [2.75, 3.05) is 6.61 Å². The van der Waals surface area contributed by atoms with E-state index in [4.69, 9.17) is 4.43 Å². The maximum absolute atomic E-state index is 12.2. The number of carbonyl (C=O) groups is 1. The first-order valence-electron chi connectivity index (χ1n) is 8.25. The average Bonchev–Trinajstić information content (AvgIpc) is 2.81. The minimum Gasteiger partial charge on any atom is -0.420 e. The van der Waals surface area contributed by atoms with Gasteiger partial charge in [-0.2, -0.15) is 0 Å². The van der Waals surface area contributed by atoms with Gasteiger partial charge in [0.1, 0.15) is 5.78 Å². The standard InChI is InChI=1S/C18H28O2Si/c1-4-5-11-18(14-20-21(2)3)13-16(19)12-17(18)15-9-7-6-8-10-15/h6-10,17,21H,4-5,11-14H2,1-3H3. The lowest BCUT2D eigenvalue weighted by Gasteiger charge is -2.36. The van der Waals surface area contributed by atoms with Crippen LogP contribution in [0.2, 0.25) is 13.1 Å². The van der Waals surface area contributed by atoms with Gasteiger partial charge in [-0.05, 0) is 31.0 Å². The van der Waals surface area contributed by atoms with Gasteiger partial charge in [-0.25, -0.2) is 0 Å². The average molecular weight is 305 g/mol. The number of hydrogen-bond acceptors (Lipinski definition) is 2. The molecule has 1 fully saturated rings. The van der Waals surface area contributed by atoms with Gasteiger partial charge < -0.3 is 4.43 Å². The SMILES string of the molecule is CCCCC1(CO[SiH](C)C)CC(=O)CC1c1ccccc1. The van der Waals surface area contributed by atoms with E-state index in [9.17, 15) is 4.79 Å². The van der Waals surface area contributed by atoms with Gasteiger partial charge in [0.25, 0.3) is 0 Å². The van der Waals surface area contributed by atoms with Crippen molar-refractivity contribution in [2.24, 2.45) is 5.41 Å². The molecule has 2 rings (SSSR count). The van der Waals surface area contributed by atoms with Gasteiger partial charge in [0.15, 0.2) is 9.04 Å². The fourth-order valence-electron chi connectivity index (χ4n) is 3.54. The van der Waals surface area contributed by atoms with Crippen molar-refractivity contribution in [1.82, 2.24) is 0 Å². The summed E-state index contributed by atoms with van der Waals surface area (Å²) in [5, 5.41) is 0. The third kappa shape index (κ3) is 4.04. The summed E-state index contributed by atoms with van der Waals surface area (Å²) in [5.41, 5.74) is 1.35. The molecule has 1 aliphatic rings. The first-order chi connectivity index (χ1) is 10.1. The van der Waals surface area contributed by atoms with Crippen LogP contribution in [0.4, 0.5) is 0 Å². The molecule has 0 bridgehead atoms. The Kier molecular flexibility index (Phi) is 5.77. The summed E-state index contributed by atoms with van der Waals surface area (Å²) in [6.07, 6.45) is 4.86. The van der Waals surface area contributed by atoms with Crippen LogP contribution in [-0.2, 0) is 9.22 Å². The van der Waals surface area contributed by atoms with Crippen molar-refractivity contribution >= 4 is 14.8 Å². The number of ketones is 1. The molecule has 2 nitrogen and oxygen atoms in total. The van der Waals surface area contributed by atoms with Crippen molar-refractivity contribution in [3.8, 4) is 0 Å². The third-order valence-electron chi connectivity index (χ3n) is 4.65. The monoisotopic (exact) mass is 304 g/mol. The summed E-state index contributed by atoms with van der Waals surface area (Å²) in [6.45, 7) is 7.41. The van der Waals surface area contributed by atoms with Gasteiger partial charge in [0, 0.05) is 24.9 Å². The van der Waals surface area contributed by atoms with Crippen molar-refractivity contribution in [2.45, 2.75) is 58.0 Å². The number of rotatable bonds is 7. The fraction of sp³-hybridized carbons (Fsp3) is 0.611. The molecule has 0 aromatic heterocycles. The van der Waals surface area contributed by atoms with E-state index in [1.54, 1.807) is 0 Å². The molecular weight excluding hydrogens is 276 g/mol. The zero-order chi connectivity index (χ0) is 15.3. The molecule has 3 heteroatoms. The van der Waals surface area contributed by atoms with Crippen molar-refractivity contribution in [1.29, 1.82) is 0 Å². The topological polar surface area (TPSA) is 26.3 Å². The second-order valence-electron chi connectivity index (χ2n) is 6.71. The van der Waals surface area contributed by atoms with Crippen LogP contribution >= 0.6 is 0 Å². The van der Waals surface area contributed by atoms with E-state index >= 15 is 0 Å². The normalized spacial score (nSPS) is 25.7. The molecule has 2 atom stereocenters.